The molecule has 0 aliphatic carbocycles. The molecule has 0 saturated heterocycles. The molecule has 3 heterocycles. The lowest BCUT2D eigenvalue weighted by molar-refractivity contribution is 0.102. The average molecular weight is 478 g/mol. The van der Waals surface area contributed by atoms with Gasteiger partial charge in [-0.1, -0.05) is 54.1 Å². The summed E-state index contributed by atoms with van der Waals surface area (Å²) in [7, 11) is 0. The number of benzene rings is 3. The van der Waals surface area contributed by atoms with Gasteiger partial charge in [0.2, 0.25) is 0 Å². The van der Waals surface area contributed by atoms with Gasteiger partial charge in [-0.2, -0.15) is 0 Å². The maximum atomic E-state index is 13.9. The van der Waals surface area contributed by atoms with Crippen molar-refractivity contribution in [3.8, 4) is 22.4 Å². The van der Waals surface area contributed by atoms with E-state index < -0.39 is 0 Å². The zero-order valence-corrected chi connectivity index (χ0v) is 20.5. The number of hydrogen-bond donors (Lipinski definition) is 1. The van der Waals surface area contributed by atoms with Gasteiger partial charge < -0.3 is 9.88 Å². The van der Waals surface area contributed by atoms with Gasteiger partial charge >= 0.3 is 0 Å². The van der Waals surface area contributed by atoms with Crippen LogP contribution in [0, 0.1) is 19.7 Å². The number of halogens is 1. The van der Waals surface area contributed by atoms with Crippen molar-refractivity contribution >= 4 is 17.2 Å². The minimum atomic E-state index is -0.287. The van der Waals surface area contributed by atoms with E-state index in [-0.39, 0.29) is 11.7 Å². The molecule has 1 amide bonds. The molecule has 0 atom stereocenters. The van der Waals surface area contributed by atoms with Gasteiger partial charge in [-0.25, -0.2) is 4.39 Å². The molecule has 6 rings (SSSR count). The zero-order valence-electron chi connectivity index (χ0n) is 20.5. The number of aromatic nitrogens is 2. The number of nitrogens with zero attached hydrogens (tertiary/aromatic N) is 2. The van der Waals surface area contributed by atoms with Crippen molar-refractivity contribution < 1.29 is 9.18 Å². The Bertz CT molecular complexity index is 1590. The third kappa shape index (κ3) is 3.81. The van der Waals surface area contributed by atoms with Crippen LogP contribution in [0.2, 0.25) is 0 Å². The number of hydrogen-bond acceptors (Lipinski definition) is 1. The van der Waals surface area contributed by atoms with Crippen molar-refractivity contribution in [2.45, 2.75) is 39.7 Å². The molecule has 5 heteroatoms. The number of rotatable bonds is 4. The van der Waals surface area contributed by atoms with Crippen LogP contribution in [0.5, 0.6) is 0 Å². The largest absolute Gasteiger partial charge is 0.325 e. The van der Waals surface area contributed by atoms with Crippen LogP contribution in [0.1, 0.15) is 40.0 Å². The summed E-state index contributed by atoms with van der Waals surface area (Å²) in [6.07, 6.45) is 5.05. The number of aryl methyl sites for hydroxylation is 4. The molecule has 5 aromatic rings. The van der Waals surface area contributed by atoms with Crippen LogP contribution in [0.25, 0.3) is 28.0 Å². The van der Waals surface area contributed by atoms with E-state index in [4.69, 9.17) is 0 Å². The van der Waals surface area contributed by atoms with Crippen molar-refractivity contribution in [2.75, 3.05) is 5.32 Å². The molecule has 0 bridgehead atoms. The lowest BCUT2D eigenvalue weighted by Gasteiger charge is -2.11. The standard InChI is InChI=1S/C31H28FN3O/c1-20-9-11-22(12-10-20)27-19-35-29(30(36)33-25-7-5-6-21(2)18-25)28(23-13-15-24(32)16-14-23)26-8-3-4-17-34(27)31(26)35/h5-7,9-16,18-19H,3-4,8,17H2,1-2H3,(H,33,36). The molecular weight excluding hydrogens is 449 g/mol. The van der Waals surface area contributed by atoms with Crippen LogP contribution < -0.4 is 5.32 Å². The summed E-state index contributed by atoms with van der Waals surface area (Å²) in [5.41, 5.74) is 9.81. The second-order valence-corrected chi connectivity index (χ2v) is 9.72. The highest BCUT2D eigenvalue weighted by Crippen LogP contribution is 2.39. The minimum Gasteiger partial charge on any atom is -0.325 e. The Morgan fingerprint density at radius 3 is 2.39 bits per heavy atom. The SMILES string of the molecule is Cc1ccc(-c2cn3c(C(=O)Nc4cccc(C)c4)c(-c4ccc(F)cc4)c4c3n2CCCC4)cc1. The van der Waals surface area contributed by atoms with Gasteiger partial charge in [0.05, 0.1) is 5.69 Å². The Morgan fingerprint density at radius 1 is 0.889 bits per heavy atom. The van der Waals surface area contributed by atoms with Crippen LogP contribution in [0.4, 0.5) is 10.1 Å². The van der Waals surface area contributed by atoms with Gasteiger partial charge in [-0.05, 0) is 74.1 Å². The highest BCUT2D eigenvalue weighted by atomic mass is 19.1. The first kappa shape index (κ1) is 22.4. The van der Waals surface area contributed by atoms with Gasteiger partial charge in [-0.15, -0.1) is 0 Å². The highest BCUT2D eigenvalue weighted by molar-refractivity contribution is 6.10. The maximum Gasteiger partial charge on any atom is 0.273 e. The number of carbonyl (C=O) groups excluding carboxylic acids is 1. The van der Waals surface area contributed by atoms with Crippen LogP contribution >= 0.6 is 0 Å². The minimum absolute atomic E-state index is 0.172. The van der Waals surface area contributed by atoms with Gasteiger partial charge in [0.1, 0.15) is 17.2 Å². The molecule has 1 aliphatic heterocycles. The molecule has 3 aromatic carbocycles. The monoisotopic (exact) mass is 477 g/mol. The maximum absolute atomic E-state index is 13.9. The predicted octanol–water partition coefficient (Wildman–Crippen LogP) is 7.42. The van der Waals surface area contributed by atoms with E-state index in [1.54, 1.807) is 12.1 Å². The van der Waals surface area contributed by atoms with Crippen molar-refractivity contribution in [2.24, 2.45) is 0 Å². The summed E-state index contributed by atoms with van der Waals surface area (Å²) >= 11 is 0. The summed E-state index contributed by atoms with van der Waals surface area (Å²) in [6, 6.07) is 22.8. The van der Waals surface area contributed by atoms with E-state index in [9.17, 15) is 9.18 Å². The molecule has 180 valence electrons. The van der Waals surface area contributed by atoms with Crippen molar-refractivity contribution in [3.05, 3.63) is 107 Å². The fourth-order valence-electron chi connectivity index (χ4n) is 5.40. The molecule has 0 fully saturated rings. The second-order valence-electron chi connectivity index (χ2n) is 9.72. The molecule has 4 nitrogen and oxygen atoms in total. The molecule has 0 saturated carbocycles. The molecule has 36 heavy (non-hydrogen) atoms. The van der Waals surface area contributed by atoms with Crippen molar-refractivity contribution in [1.82, 2.24) is 8.97 Å². The third-order valence-electron chi connectivity index (χ3n) is 7.11. The fourth-order valence-corrected chi connectivity index (χ4v) is 5.40. The number of carbonyl (C=O) groups is 1. The second kappa shape index (κ2) is 8.83. The Balaban J connectivity index is 1.61. The highest BCUT2D eigenvalue weighted by Gasteiger charge is 2.29. The summed E-state index contributed by atoms with van der Waals surface area (Å²) in [4.78, 5) is 13.9. The van der Waals surface area contributed by atoms with Gasteiger partial charge in [0.15, 0.2) is 0 Å². The normalized spacial score (nSPS) is 13.1. The van der Waals surface area contributed by atoms with Crippen LogP contribution in [-0.4, -0.2) is 14.9 Å². The Kier molecular flexibility index (Phi) is 5.48. The van der Waals surface area contributed by atoms with E-state index in [1.807, 2.05) is 31.2 Å². The van der Waals surface area contributed by atoms with Crippen molar-refractivity contribution in [1.29, 1.82) is 0 Å². The molecule has 1 aliphatic rings. The summed E-state index contributed by atoms with van der Waals surface area (Å²) < 4.78 is 18.2. The van der Waals surface area contributed by atoms with Crippen molar-refractivity contribution in [3.63, 3.8) is 0 Å². The average Bonchev–Trinajstić information content (AvgIpc) is 3.28. The smallest absolute Gasteiger partial charge is 0.273 e. The molecule has 1 N–H and O–H groups in total. The molecular formula is C31H28FN3O. The first-order chi connectivity index (χ1) is 17.5. The summed E-state index contributed by atoms with van der Waals surface area (Å²) in [5, 5.41) is 3.12. The van der Waals surface area contributed by atoms with Gasteiger partial charge in [-0.3, -0.25) is 9.20 Å². The van der Waals surface area contributed by atoms with E-state index >= 15 is 0 Å². The zero-order chi connectivity index (χ0) is 24.8. The Labute approximate surface area is 210 Å². The molecule has 2 aromatic heterocycles. The Hall–Kier alpha value is -4.12. The van der Waals surface area contributed by atoms with Crippen LogP contribution in [-0.2, 0) is 13.0 Å². The topological polar surface area (TPSA) is 38.4 Å². The predicted molar refractivity (Wildman–Crippen MR) is 143 cm³/mol. The molecule has 0 spiro atoms. The summed E-state index contributed by atoms with van der Waals surface area (Å²) in [6.45, 7) is 4.98. The van der Waals surface area contributed by atoms with Gasteiger partial charge in [0, 0.05) is 29.6 Å². The number of amides is 1. The quantitative estimate of drug-likeness (QED) is 0.287. The van der Waals surface area contributed by atoms with E-state index in [1.165, 1.54) is 17.7 Å². The van der Waals surface area contributed by atoms with Crippen LogP contribution in [0.3, 0.4) is 0 Å². The lowest BCUT2D eigenvalue weighted by atomic mass is 9.97. The van der Waals surface area contributed by atoms with Gasteiger partial charge in [0.25, 0.3) is 5.91 Å². The first-order valence-corrected chi connectivity index (χ1v) is 12.5. The Morgan fingerprint density at radius 2 is 1.64 bits per heavy atom. The number of imidazole rings is 1. The lowest BCUT2D eigenvalue weighted by Crippen LogP contribution is -2.15. The molecule has 0 radical (unpaired) electrons. The summed E-state index contributed by atoms with van der Waals surface area (Å²) in [5.74, 6) is -0.459. The first-order valence-electron chi connectivity index (χ1n) is 12.5. The third-order valence-corrected chi connectivity index (χ3v) is 7.11. The van der Waals surface area contributed by atoms with Crippen LogP contribution in [0.15, 0.2) is 79.0 Å². The number of nitrogens with one attached hydrogen (secondary N) is 1. The fraction of sp³-hybridized carbons (Fsp3) is 0.194. The van der Waals surface area contributed by atoms with E-state index in [0.717, 1.165) is 70.7 Å². The van der Waals surface area contributed by atoms with E-state index in [2.05, 4.69) is 51.7 Å². The number of anilines is 1. The molecule has 0 unspecified atom stereocenters. The van der Waals surface area contributed by atoms with E-state index in [0.29, 0.717) is 5.69 Å².